The highest BCUT2D eigenvalue weighted by Crippen LogP contribution is 2.23. The van der Waals surface area contributed by atoms with Crippen LogP contribution >= 0.6 is 27.5 Å². The van der Waals surface area contributed by atoms with Gasteiger partial charge in [0.15, 0.2) is 0 Å². The molecule has 2 unspecified atom stereocenters. The Morgan fingerprint density at radius 2 is 2.22 bits per heavy atom. The lowest BCUT2D eigenvalue weighted by atomic mass is 9.94. The van der Waals surface area contributed by atoms with Crippen molar-refractivity contribution in [2.45, 2.75) is 19.4 Å². The number of nitrogens with zero attached hydrogens (tertiary/aromatic N) is 1. The summed E-state index contributed by atoms with van der Waals surface area (Å²) in [5.41, 5.74) is 6.62. The van der Waals surface area contributed by atoms with Crippen molar-refractivity contribution in [1.29, 1.82) is 0 Å². The van der Waals surface area contributed by atoms with Gasteiger partial charge in [-0.3, -0.25) is 4.79 Å². The van der Waals surface area contributed by atoms with Gasteiger partial charge in [-0.25, -0.2) is 0 Å². The summed E-state index contributed by atoms with van der Waals surface area (Å²) in [6, 6.07) is 5.31. The summed E-state index contributed by atoms with van der Waals surface area (Å²) in [7, 11) is 0. The van der Waals surface area contributed by atoms with Gasteiger partial charge >= 0.3 is 0 Å². The fourth-order valence-electron chi connectivity index (χ4n) is 2.14. The molecule has 0 saturated carbocycles. The lowest BCUT2D eigenvalue weighted by Gasteiger charge is -2.35. The minimum Gasteiger partial charge on any atom is -0.337 e. The maximum atomic E-state index is 12.3. The minimum atomic E-state index is 0.000509. The molecule has 2 N–H and O–H groups in total. The fourth-order valence-corrected chi connectivity index (χ4v) is 3.00. The minimum absolute atomic E-state index is 0.000509. The third kappa shape index (κ3) is 3.05. The smallest absolute Gasteiger partial charge is 0.253 e. The maximum absolute atomic E-state index is 12.3. The highest BCUT2D eigenvalue weighted by atomic mass is 79.9. The molecule has 1 fully saturated rings. The number of hydrogen-bond acceptors (Lipinski definition) is 2. The van der Waals surface area contributed by atoms with Gasteiger partial charge in [0.25, 0.3) is 5.91 Å². The molecule has 0 spiro atoms. The molecule has 1 aromatic carbocycles. The standard InChI is InChI=1S/C13H16BrClN2O/c1-8-2-3-17(7-12(8)16)13(18)9-4-10(14)6-11(15)5-9/h4-6,8,12H,2-3,7,16H2,1H3. The summed E-state index contributed by atoms with van der Waals surface area (Å²) in [6.45, 7) is 3.50. The summed E-state index contributed by atoms with van der Waals surface area (Å²) in [4.78, 5) is 14.2. The number of piperidine rings is 1. The maximum Gasteiger partial charge on any atom is 0.253 e. The van der Waals surface area contributed by atoms with Crippen LogP contribution in [0.3, 0.4) is 0 Å². The molecule has 2 atom stereocenters. The van der Waals surface area contributed by atoms with Crippen molar-refractivity contribution >= 4 is 33.4 Å². The van der Waals surface area contributed by atoms with Crippen LogP contribution in [0.25, 0.3) is 0 Å². The Morgan fingerprint density at radius 1 is 1.50 bits per heavy atom. The molecule has 1 aliphatic heterocycles. The van der Waals surface area contributed by atoms with Crippen LogP contribution in [0.15, 0.2) is 22.7 Å². The number of rotatable bonds is 1. The second-order valence-corrected chi connectivity index (χ2v) is 6.19. The normalized spacial score (nSPS) is 24.1. The van der Waals surface area contributed by atoms with Crippen LogP contribution < -0.4 is 5.73 Å². The number of amides is 1. The Hall–Kier alpha value is -0.580. The van der Waals surface area contributed by atoms with E-state index in [4.69, 9.17) is 17.3 Å². The van der Waals surface area contributed by atoms with Crippen molar-refractivity contribution in [3.8, 4) is 0 Å². The first kappa shape index (κ1) is 13.8. The molecule has 1 saturated heterocycles. The van der Waals surface area contributed by atoms with E-state index >= 15 is 0 Å². The molecule has 0 radical (unpaired) electrons. The first-order valence-corrected chi connectivity index (χ1v) is 7.15. The van der Waals surface area contributed by atoms with Gasteiger partial charge in [-0.05, 0) is 30.5 Å². The number of carbonyl (C=O) groups excluding carboxylic acids is 1. The summed E-state index contributed by atoms with van der Waals surface area (Å²) < 4.78 is 0.813. The van der Waals surface area contributed by atoms with Crippen LogP contribution in [0.1, 0.15) is 23.7 Å². The number of carbonyl (C=O) groups is 1. The van der Waals surface area contributed by atoms with Crippen molar-refractivity contribution in [2.24, 2.45) is 11.7 Å². The molecule has 0 bridgehead atoms. The van der Waals surface area contributed by atoms with Crippen molar-refractivity contribution < 1.29 is 4.79 Å². The van der Waals surface area contributed by atoms with Gasteiger partial charge in [0, 0.05) is 34.2 Å². The molecule has 1 amide bonds. The van der Waals surface area contributed by atoms with E-state index < -0.39 is 0 Å². The first-order valence-electron chi connectivity index (χ1n) is 5.98. The molecule has 1 heterocycles. The van der Waals surface area contributed by atoms with Crippen LogP contribution in [0.4, 0.5) is 0 Å². The third-order valence-corrected chi connectivity index (χ3v) is 4.09. The van der Waals surface area contributed by atoms with E-state index in [0.29, 0.717) is 23.0 Å². The van der Waals surface area contributed by atoms with Gasteiger partial charge < -0.3 is 10.6 Å². The molecule has 1 aromatic rings. The summed E-state index contributed by atoms with van der Waals surface area (Å²) >= 11 is 9.31. The quantitative estimate of drug-likeness (QED) is 0.860. The van der Waals surface area contributed by atoms with Crippen LogP contribution in [0, 0.1) is 5.92 Å². The Kier molecular flexibility index (Phi) is 4.30. The molecular formula is C13H16BrClN2O. The second kappa shape index (κ2) is 5.59. The predicted octanol–water partition coefficient (Wildman–Crippen LogP) is 2.91. The zero-order valence-electron chi connectivity index (χ0n) is 10.2. The Bertz CT molecular complexity index is 446. The zero-order chi connectivity index (χ0) is 13.3. The topological polar surface area (TPSA) is 46.3 Å². The number of likely N-dealkylation sites (tertiary alicyclic amines) is 1. The molecule has 0 aliphatic carbocycles. The lowest BCUT2D eigenvalue weighted by molar-refractivity contribution is 0.0672. The van der Waals surface area contributed by atoms with Gasteiger partial charge in [0.1, 0.15) is 0 Å². The van der Waals surface area contributed by atoms with E-state index in [-0.39, 0.29) is 11.9 Å². The second-order valence-electron chi connectivity index (χ2n) is 4.84. The van der Waals surface area contributed by atoms with Crippen LogP contribution in [0.2, 0.25) is 5.02 Å². The van der Waals surface area contributed by atoms with Gasteiger partial charge in [-0.1, -0.05) is 34.5 Å². The van der Waals surface area contributed by atoms with Gasteiger partial charge in [0.05, 0.1) is 0 Å². The van der Waals surface area contributed by atoms with Gasteiger partial charge in [-0.15, -0.1) is 0 Å². The number of hydrogen-bond donors (Lipinski definition) is 1. The molecule has 18 heavy (non-hydrogen) atoms. The van der Waals surface area contributed by atoms with Gasteiger partial charge in [0.2, 0.25) is 0 Å². The highest BCUT2D eigenvalue weighted by molar-refractivity contribution is 9.10. The number of benzene rings is 1. The molecule has 2 rings (SSSR count). The summed E-state index contributed by atoms with van der Waals surface area (Å²) in [5.74, 6) is 0.473. The van der Waals surface area contributed by atoms with E-state index in [9.17, 15) is 4.79 Å². The fraction of sp³-hybridized carbons (Fsp3) is 0.462. The Balaban J connectivity index is 2.16. The van der Waals surface area contributed by atoms with Crippen molar-refractivity contribution in [3.05, 3.63) is 33.3 Å². The average molecular weight is 332 g/mol. The van der Waals surface area contributed by atoms with Crippen LogP contribution in [-0.2, 0) is 0 Å². The predicted molar refractivity (Wildman–Crippen MR) is 76.8 cm³/mol. The average Bonchev–Trinajstić information content (AvgIpc) is 2.30. The molecular weight excluding hydrogens is 316 g/mol. The van der Waals surface area contributed by atoms with E-state index in [1.165, 1.54) is 0 Å². The van der Waals surface area contributed by atoms with Crippen LogP contribution in [-0.4, -0.2) is 29.9 Å². The van der Waals surface area contributed by atoms with E-state index in [1.54, 1.807) is 18.2 Å². The first-order chi connectivity index (χ1) is 8.47. The monoisotopic (exact) mass is 330 g/mol. The number of halogens is 2. The van der Waals surface area contributed by atoms with Gasteiger partial charge in [-0.2, -0.15) is 0 Å². The largest absolute Gasteiger partial charge is 0.337 e. The Labute approximate surface area is 120 Å². The van der Waals surface area contributed by atoms with E-state index in [2.05, 4.69) is 22.9 Å². The van der Waals surface area contributed by atoms with Crippen molar-refractivity contribution in [3.63, 3.8) is 0 Å². The molecule has 5 heteroatoms. The molecule has 1 aliphatic rings. The lowest BCUT2D eigenvalue weighted by Crippen LogP contribution is -2.49. The molecule has 3 nitrogen and oxygen atoms in total. The summed E-state index contributed by atoms with van der Waals surface area (Å²) in [6.07, 6.45) is 0.953. The Morgan fingerprint density at radius 3 is 2.83 bits per heavy atom. The molecule has 0 aromatic heterocycles. The third-order valence-electron chi connectivity index (χ3n) is 3.41. The summed E-state index contributed by atoms with van der Waals surface area (Å²) in [5, 5.41) is 0.558. The van der Waals surface area contributed by atoms with E-state index in [0.717, 1.165) is 17.4 Å². The van der Waals surface area contributed by atoms with E-state index in [1.807, 2.05) is 4.90 Å². The van der Waals surface area contributed by atoms with Crippen molar-refractivity contribution in [2.75, 3.05) is 13.1 Å². The molecule has 98 valence electrons. The van der Waals surface area contributed by atoms with Crippen LogP contribution in [0.5, 0.6) is 0 Å². The number of nitrogens with two attached hydrogens (primary N) is 1. The zero-order valence-corrected chi connectivity index (χ0v) is 12.5. The SMILES string of the molecule is CC1CCN(C(=O)c2cc(Cl)cc(Br)c2)CC1N. The highest BCUT2D eigenvalue weighted by Gasteiger charge is 2.27. The van der Waals surface area contributed by atoms with Crippen molar-refractivity contribution in [1.82, 2.24) is 4.90 Å².